The molecule has 0 bridgehead atoms. The van der Waals surface area contributed by atoms with Crippen molar-refractivity contribution < 1.29 is 9.13 Å². The Labute approximate surface area is 129 Å². The van der Waals surface area contributed by atoms with Crippen LogP contribution >= 0.6 is 0 Å². The number of nitrogens with one attached hydrogen (secondary N) is 1. The van der Waals surface area contributed by atoms with Crippen LogP contribution in [0.2, 0.25) is 0 Å². The van der Waals surface area contributed by atoms with Crippen molar-refractivity contribution in [1.29, 1.82) is 0 Å². The number of hydrogen-bond donors (Lipinski definition) is 1. The van der Waals surface area contributed by atoms with Gasteiger partial charge in [-0.1, -0.05) is 18.6 Å². The largest absolute Gasteiger partial charge is 0.488 e. The van der Waals surface area contributed by atoms with Gasteiger partial charge in [-0.05, 0) is 42.9 Å². The van der Waals surface area contributed by atoms with Gasteiger partial charge in [-0.3, -0.25) is 0 Å². The van der Waals surface area contributed by atoms with E-state index in [0.717, 1.165) is 29.1 Å². The Morgan fingerprint density at radius 3 is 2.95 bits per heavy atom. The first-order valence-corrected chi connectivity index (χ1v) is 7.90. The molecule has 1 saturated carbocycles. The minimum absolute atomic E-state index is 0.130. The number of hydrogen-bond acceptors (Lipinski definition) is 3. The van der Waals surface area contributed by atoms with Crippen LogP contribution in [-0.4, -0.2) is 18.1 Å². The minimum Gasteiger partial charge on any atom is -0.488 e. The molecule has 2 aromatic rings. The Morgan fingerprint density at radius 1 is 1.32 bits per heavy atom. The average Bonchev–Trinajstić information content (AvgIpc) is 2.50. The molecular weight excluding hydrogens is 279 g/mol. The molecule has 1 aliphatic carbocycles. The summed E-state index contributed by atoms with van der Waals surface area (Å²) in [5.74, 6) is 1.84. The fourth-order valence-electron chi connectivity index (χ4n) is 3.25. The van der Waals surface area contributed by atoms with Crippen molar-refractivity contribution in [3.8, 4) is 16.9 Å². The number of pyridine rings is 1. The van der Waals surface area contributed by atoms with Gasteiger partial charge in [0.15, 0.2) is 11.6 Å². The molecule has 1 N–H and O–H groups in total. The SMILES string of the molecule is Cc1c(C2CCC2)ccc(-c2cnc3c(c2)OCCN3)c1F. The number of benzene rings is 1. The Hall–Kier alpha value is -2.10. The third-order valence-corrected chi connectivity index (χ3v) is 4.79. The van der Waals surface area contributed by atoms with Crippen LogP contribution in [0.3, 0.4) is 0 Å². The fourth-order valence-corrected chi connectivity index (χ4v) is 3.25. The Bertz CT molecular complexity index is 725. The zero-order valence-electron chi connectivity index (χ0n) is 12.7. The standard InChI is InChI=1S/C18H19FN2O/c1-11-14(12-3-2-4-12)5-6-15(17(11)19)13-9-16-18(21-10-13)20-7-8-22-16/h5-6,9-10,12H,2-4,7-8H2,1H3,(H,20,21). The Kier molecular flexibility index (Phi) is 3.25. The van der Waals surface area contributed by atoms with Gasteiger partial charge in [0.2, 0.25) is 0 Å². The number of fused-ring (bicyclic) bond motifs is 1. The van der Waals surface area contributed by atoms with E-state index in [2.05, 4.69) is 16.4 Å². The minimum atomic E-state index is -0.130. The smallest absolute Gasteiger partial charge is 0.168 e. The van der Waals surface area contributed by atoms with Crippen LogP contribution in [0.1, 0.15) is 36.3 Å². The second-order valence-electron chi connectivity index (χ2n) is 6.12. The number of ether oxygens (including phenoxy) is 1. The molecule has 3 nitrogen and oxygen atoms in total. The second kappa shape index (κ2) is 5.27. The maximum absolute atomic E-state index is 14.8. The molecule has 2 heterocycles. The first kappa shape index (κ1) is 13.6. The van der Waals surface area contributed by atoms with E-state index in [1.54, 1.807) is 6.20 Å². The normalized spacial score (nSPS) is 17.2. The highest BCUT2D eigenvalue weighted by Gasteiger charge is 2.24. The zero-order valence-corrected chi connectivity index (χ0v) is 12.7. The number of anilines is 1. The van der Waals surface area contributed by atoms with E-state index < -0.39 is 0 Å². The summed E-state index contributed by atoms with van der Waals surface area (Å²) in [5, 5.41) is 3.18. The average molecular weight is 298 g/mol. The van der Waals surface area contributed by atoms with Gasteiger partial charge in [0, 0.05) is 17.3 Å². The Balaban J connectivity index is 1.74. The summed E-state index contributed by atoms with van der Waals surface area (Å²) in [7, 11) is 0. The van der Waals surface area contributed by atoms with Gasteiger partial charge in [-0.2, -0.15) is 0 Å². The van der Waals surface area contributed by atoms with Crippen LogP contribution in [0, 0.1) is 12.7 Å². The van der Waals surface area contributed by atoms with E-state index in [4.69, 9.17) is 4.74 Å². The lowest BCUT2D eigenvalue weighted by Crippen LogP contribution is -2.19. The van der Waals surface area contributed by atoms with E-state index in [1.807, 2.05) is 19.1 Å². The summed E-state index contributed by atoms with van der Waals surface area (Å²) in [6.45, 7) is 3.25. The van der Waals surface area contributed by atoms with Crippen molar-refractivity contribution in [2.75, 3.05) is 18.5 Å². The molecule has 4 heteroatoms. The molecule has 22 heavy (non-hydrogen) atoms. The van der Waals surface area contributed by atoms with Crippen molar-refractivity contribution in [3.05, 3.63) is 41.3 Å². The van der Waals surface area contributed by atoms with Crippen LogP contribution in [0.5, 0.6) is 5.75 Å². The second-order valence-corrected chi connectivity index (χ2v) is 6.12. The first-order chi connectivity index (χ1) is 10.7. The van der Waals surface area contributed by atoms with E-state index in [0.29, 0.717) is 23.8 Å². The van der Waals surface area contributed by atoms with Gasteiger partial charge < -0.3 is 10.1 Å². The van der Waals surface area contributed by atoms with Gasteiger partial charge in [0.25, 0.3) is 0 Å². The van der Waals surface area contributed by atoms with Gasteiger partial charge in [0.05, 0.1) is 6.54 Å². The first-order valence-electron chi connectivity index (χ1n) is 7.90. The van der Waals surface area contributed by atoms with Gasteiger partial charge in [-0.25, -0.2) is 9.37 Å². The molecule has 0 unspecified atom stereocenters. The molecule has 0 amide bonds. The molecular formula is C18H19FN2O. The summed E-state index contributed by atoms with van der Waals surface area (Å²) >= 11 is 0. The summed E-state index contributed by atoms with van der Waals surface area (Å²) in [5.41, 5.74) is 3.31. The molecule has 114 valence electrons. The van der Waals surface area contributed by atoms with Gasteiger partial charge in [-0.15, -0.1) is 0 Å². The summed E-state index contributed by atoms with van der Waals surface area (Å²) in [6.07, 6.45) is 5.33. The molecule has 0 atom stereocenters. The molecule has 0 spiro atoms. The zero-order chi connectivity index (χ0) is 15.1. The molecule has 0 radical (unpaired) electrons. The van der Waals surface area contributed by atoms with Crippen LogP contribution in [-0.2, 0) is 0 Å². The van der Waals surface area contributed by atoms with Crippen molar-refractivity contribution >= 4 is 5.82 Å². The quantitative estimate of drug-likeness (QED) is 0.899. The lowest BCUT2D eigenvalue weighted by molar-refractivity contribution is 0.321. The highest BCUT2D eigenvalue weighted by molar-refractivity contribution is 5.70. The summed E-state index contributed by atoms with van der Waals surface area (Å²) < 4.78 is 20.4. The molecule has 2 aliphatic rings. The maximum atomic E-state index is 14.8. The van der Waals surface area contributed by atoms with Crippen LogP contribution in [0.4, 0.5) is 10.2 Å². The predicted molar refractivity (Wildman–Crippen MR) is 84.9 cm³/mol. The number of halogens is 1. The van der Waals surface area contributed by atoms with E-state index >= 15 is 0 Å². The molecule has 1 aromatic heterocycles. The van der Waals surface area contributed by atoms with E-state index in [1.165, 1.54) is 19.3 Å². The Morgan fingerprint density at radius 2 is 2.18 bits per heavy atom. The topological polar surface area (TPSA) is 34.1 Å². The molecule has 4 rings (SSSR count). The number of nitrogens with zero attached hydrogens (tertiary/aromatic N) is 1. The molecule has 1 fully saturated rings. The third kappa shape index (κ3) is 2.14. The molecule has 1 aliphatic heterocycles. The van der Waals surface area contributed by atoms with Crippen LogP contribution in [0.15, 0.2) is 24.4 Å². The number of rotatable bonds is 2. The fraction of sp³-hybridized carbons (Fsp3) is 0.389. The van der Waals surface area contributed by atoms with Crippen molar-refractivity contribution in [2.45, 2.75) is 32.1 Å². The monoisotopic (exact) mass is 298 g/mol. The van der Waals surface area contributed by atoms with Crippen molar-refractivity contribution in [2.24, 2.45) is 0 Å². The summed E-state index contributed by atoms with van der Waals surface area (Å²) in [4.78, 5) is 4.35. The summed E-state index contributed by atoms with van der Waals surface area (Å²) in [6, 6.07) is 5.83. The number of aromatic nitrogens is 1. The van der Waals surface area contributed by atoms with E-state index in [9.17, 15) is 4.39 Å². The lowest BCUT2D eigenvalue weighted by Gasteiger charge is -2.28. The van der Waals surface area contributed by atoms with Crippen molar-refractivity contribution in [3.63, 3.8) is 0 Å². The van der Waals surface area contributed by atoms with E-state index in [-0.39, 0.29) is 5.82 Å². The van der Waals surface area contributed by atoms with Gasteiger partial charge >= 0.3 is 0 Å². The van der Waals surface area contributed by atoms with Crippen molar-refractivity contribution in [1.82, 2.24) is 4.98 Å². The molecule has 1 aromatic carbocycles. The van der Waals surface area contributed by atoms with Gasteiger partial charge in [0.1, 0.15) is 12.4 Å². The lowest BCUT2D eigenvalue weighted by atomic mass is 9.78. The van der Waals surface area contributed by atoms with Crippen LogP contribution < -0.4 is 10.1 Å². The maximum Gasteiger partial charge on any atom is 0.168 e. The van der Waals surface area contributed by atoms with Crippen LogP contribution in [0.25, 0.3) is 11.1 Å². The third-order valence-electron chi connectivity index (χ3n) is 4.79. The highest BCUT2D eigenvalue weighted by atomic mass is 19.1. The predicted octanol–water partition coefficient (Wildman–Crippen LogP) is 4.27. The molecule has 0 saturated heterocycles. The highest BCUT2D eigenvalue weighted by Crippen LogP contribution is 2.40.